The Labute approximate surface area is 54.3 Å². The monoisotopic (exact) mass is 214 g/mol. The predicted molar refractivity (Wildman–Crippen MR) is 25.5 cm³/mol. The van der Waals surface area contributed by atoms with Crippen LogP contribution in [0.1, 0.15) is 20.8 Å². The van der Waals surface area contributed by atoms with Crippen LogP contribution in [0.5, 0.6) is 0 Å². The third-order valence-electron chi connectivity index (χ3n) is 0.288. The number of alkyl halides is 1. The second-order valence-electron chi connectivity index (χ2n) is 2.22. The van der Waals surface area contributed by atoms with E-state index in [-0.39, 0.29) is 3.42 Å². The molecule has 0 aliphatic heterocycles. The summed E-state index contributed by atoms with van der Waals surface area (Å²) in [5.41, 5.74) is 0. The first-order chi connectivity index (χ1) is 3.06. The standard InChI is InChI=1S/C4H9INO/c1-4(2,3)5-6-7/h1-3H3/q-1. The minimum atomic E-state index is -0.446. The molecule has 0 aromatic carbocycles. The van der Waals surface area contributed by atoms with E-state index in [1.165, 1.54) is 0 Å². The zero-order valence-electron chi connectivity index (χ0n) is 4.73. The first-order valence-electron chi connectivity index (χ1n) is 2.04. The fraction of sp³-hybridized carbons (Fsp3) is 1.00. The summed E-state index contributed by atoms with van der Waals surface area (Å²) in [5.74, 6) is 0. The van der Waals surface area contributed by atoms with Crippen LogP contribution >= 0.6 is 0 Å². The van der Waals surface area contributed by atoms with Crippen LogP contribution in [0.25, 0.3) is 0 Å². The molecule has 2 nitrogen and oxygen atoms in total. The molecule has 3 heteroatoms. The fourth-order valence-corrected chi connectivity index (χ4v) is 0.694. The molecule has 0 amide bonds. The fourth-order valence-electron chi connectivity index (χ4n) is 0.104. The van der Waals surface area contributed by atoms with Crippen LogP contribution in [-0.2, 0) is 0 Å². The molecule has 0 rings (SSSR count). The van der Waals surface area contributed by atoms with E-state index < -0.39 is 21.5 Å². The van der Waals surface area contributed by atoms with Crippen molar-refractivity contribution in [2.45, 2.75) is 24.2 Å². The summed E-state index contributed by atoms with van der Waals surface area (Å²) in [7, 11) is 0. The van der Waals surface area contributed by atoms with Crippen molar-refractivity contribution in [3.63, 3.8) is 0 Å². The molecule has 0 heterocycles. The minimum absolute atomic E-state index is 0.181. The van der Waals surface area contributed by atoms with Gasteiger partial charge in [-0.1, -0.05) is 0 Å². The topological polar surface area (TPSA) is 29.4 Å². The molecule has 0 bridgehead atoms. The first-order valence-corrected chi connectivity index (χ1v) is 4.08. The molecule has 7 heavy (non-hydrogen) atoms. The first kappa shape index (κ1) is 7.33. The molecule has 0 saturated heterocycles. The van der Waals surface area contributed by atoms with Gasteiger partial charge in [0.2, 0.25) is 0 Å². The molecule has 0 aliphatic carbocycles. The van der Waals surface area contributed by atoms with Gasteiger partial charge in [0.25, 0.3) is 0 Å². The van der Waals surface area contributed by atoms with Crippen molar-refractivity contribution in [3.8, 4) is 0 Å². The van der Waals surface area contributed by atoms with Gasteiger partial charge in [0.15, 0.2) is 0 Å². The normalized spacial score (nSPS) is 11.9. The summed E-state index contributed by atoms with van der Waals surface area (Å²) < 4.78 is 3.05. The van der Waals surface area contributed by atoms with Crippen molar-refractivity contribution < 1.29 is 21.5 Å². The van der Waals surface area contributed by atoms with E-state index in [0.717, 1.165) is 0 Å². The molecule has 0 aromatic heterocycles. The third-order valence-corrected chi connectivity index (χ3v) is 1.93. The Bertz CT molecular complexity index is 66.6. The van der Waals surface area contributed by atoms with E-state index in [0.29, 0.717) is 0 Å². The van der Waals surface area contributed by atoms with E-state index in [1.807, 2.05) is 20.8 Å². The van der Waals surface area contributed by atoms with Crippen molar-refractivity contribution in [3.05, 3.63) is 4.91 Å². The van der Waals surface area contributed by atoms with Crippen molar-refractivity contribution in [1.82, 2.24) is 0 Å². The van der Waals surface area contributed by atoms with Crippen LogP contribution in [0.3, 0.4) is 0 Å². The molecule has 0 aliphatic rings. The Morgan fingerprint density at radius 3 is 1.86 bits per heavy atom. The molecule has 0 radical (unpaired) electrons. The average Bonchev–Trinajstić information content (AvgIpc) is 1.30. The van der Waals surface area contributed by atoms with Crippen LogP contribution in [0.4, 0.5) is 0 Å². The van der Waals surface area contributed by atoms with Gasteiger partial charge in [0.05, 0.1) is 0 Å². The van der Waals surface area contributed by atoms with Crippen LogP contribution in [0.15, 0.2) is 3.39 Å². The van der Waals surface area contributed by atoms with E-state index in [9.17, 15) is 4.91 Å². The number of nitroso groups, excluding NO2 is 1. The van der Waals surface area contributed by atoms with Crippen LogP contribution in [0, 0.1) is 4.91 Å². The number of hydrogen-bond donors (Lipinski definition) is 0. The number of nitrogens with zero attached hydrogens (tertiary/aromatic N) is 1. The van der Waals surface area contributed by atoms with E-state index in [4.69, 9.17) is 0 Å². The quantitative estimate of drug-likeness (QED) is 0.298. The Morgan fingerprint density at radius 2 is 1.86 bits per heavy atom. The van der Waals surface area contributed by atoms with E-state index in [2.05, 4.69) is 3.39 Å². The summed E-state index contributed by atoms with van der Waals surface area (Å²) >= 11 is -0.446. The molecule has 0 unspecified atom stereocenters. The van der Waals surface area contributed by atoms with Gasteiger partial charge >= 0.3 is 54.0 Å². The van der Waals surface area contributed by atoms with Crippen LogP contribution in [-0.4, -0.2) is 3.42 Å². The summed E-state index contributed by atoms with van der Waals surface area (Å²) in [6, 6.07) is 0. The molecule has 0 saturated carbocycles. The van der Waals surface area contributed by atoms with Gasteiger partial charge < -0.3 is 0 Å². The summed E-state index contributed by atoms with van der Waals surface area (Å²) in [5, 5.41) is 0. The van der Waals surface area contributed by atoms with Gasteiger partial charge in [-0.2, -0.15) is 0 Å². The second kappa shape index (κ2) is 2.59. The van der Waals surface area contributed by atoms with Gasteiger partial charge in [0.1, 0.15) is 0 Å². The van der Waals surface area contributed by atoms with Crippen molar-refractivity contribution in [2.75, 3.05) is 0 Å². The van der Waals surface area contributed by atoms with Gasteiger partial charge in [-0.3, -0.25) is 0 Å². The molecule has 44 valence electrons. The van der Waals surface area contributed by atoms with Gasteiger partial charge in [0, 0.05) is 0 Å². The molecule has 0 aromatic rings. The van der Waals surface area contributed by atoms with Crippen LogP contribution in [0.2, 0.25) is 0 Å². The zero-order valence-corrected chi connectivity index (χ0v) is 6.89. The molecular weight excluding hydrogens is 205 g/mol. The summed E-state index contributed by atoms with van der Waals surface area (Å²) in [4.78, 5) is 9.62. The average molecular weight is 214 g/mol. The Morgan fingerprint density at radius 1 is 1.43 bits per heavy atom. The van der Waals surface area contributed by atoms with E-state index >= 15 is 0 Å². The zero-order chi connectivity index (χ0) is 5.91. The number of hydrogen-bond acceptors (Lipinski definition) is 2. The van der Waals surface area contributed by atoms with Gasteiger partial charge in [-0.05, 0) is 0 Å². The Hall–Kier alpha value is 0.330. The third kappa shape index (κ3) is 6.33. The molecule has 0 fully saturated rings. The maximum absolute atomic E-state index is 9.62. The van der Waals surface area contributed by atoms with E-state index in [1.54, 1.807) is 0 Å². The van der Waals surface area contributed by atoms with Crippen LogP contribution < -0.4 is 21.5 Å². The maximum atomic E-state index is 9.62. The van der Waals surface area contributed by atoms with Crippen molar-refractivity contribution in [2.24, 2.45) is 3.39 Å². The van der Waals surface area contributed by atoms with Gasteiger partial charge in [-0.15, -0.1) is 0 Å². The van der Waals surface area contributed by atoms with Gasteiger partial charge in [-0.25, -0.2) is 0 Å². The Balaban J connectivity index is 3.34. The number of halogens is 1. The van der Waals surface area contributed by atoms with Crippen molar-refractivity contribution in [1.29, 1.82) is 0 Å². The molecule has 0 N–H and O–H groups in total. The molecule has 0 atom stereocenters. The molecule has 0 spiro atoms. The molecular formula is C4H9INO-. The SMILES string of the molecule is CC(C)(C)[I-]N=O. The predicted octanol–water partition coefficient (Wildman–Crippen LogP) is -1.44. The van der Waals surface area contributed by atoms with Crippen molar-refractivity contribution >= 4 is 0 Å². The Kier molecular flexibility index (Phi) is 2.71. The second-order valence-corrected chi connectivity index (χ2v) is 6.33. The summed E-state index contributed by atoms with van der Waals surface area (Å²) in [6.45, 7) is 6.09. The summed E-state index contributed by atoms with van der Waals surface area (Å²) in [6.07, 6.45) is 0. The number of rotatable bonds is 1.